The van der Waals surface area contributed by atoms with Gasteiger partial charge in [-0.1, -0.05) is 0 Å². The predicted molar refractivity (Wildman–Crippen MR) is 61.4 cm³/mol. The van der Waals surface area contributed by atoms with Crippen LogP contribution in [0.5, 0.6) is 0 Å². The minimum absolute atomic E-state index is 0.0327. The fourth-order valence-corrected chi connectivity index (χ4v) is 1.31. The van der Waals surface area contributed by atoms with E-state index in [2.05, 4.69) is 11.4 Å². The Kier molecular flexibility index (Phi) is 4.49. The molecule has 1 aromatic rings. The number of carbonyl (C=O) groups is 1. The van der Waals surface area contributed by atoms with Gasteiger partial charge in [0.25, 0.3) is 0 Å². The van der Waals surface area contributed by atoms with Gasteiger partial charge in [-0.05, 0) is 31.5 Å². The minimum Gasteiger partial charge on any atom is -0.396 e. The first-order valence-electron chi connectivity index (χ1n) is 5.09. The molecule has 0 saturated carbocycles. The van der Waals surface area contributed by atoms with Crippen molar-refractivity contribution >= 4 is 11.5 Å². The van der Waals surface area contributed by atoms with Gasteiger partial charge in [0.05, 0.1) is 11.3 Å². The summed E-state index contributed by atoms with van der Waals surface area (Å²) in [6, 6.07) is 6.98. The van der Waals surface area contributed by atoms with E-state index < -0.39 is 0 Å². The van der Waals surface area contributed by atoms with Gasteiger partial charge in [0, 0.05) is 18.7 Å². The van der Waals surface area contributed by atoms with Crippen molar-refractivity contribution in [2.75, 3.05) is 18.5 Å². The Morgan fingerprint density at radius 2 is 2.31 bits per heavy atom. The summed E-state index contributed by atoms with van der Waals surface area (Å²) in [6.45, 7) is 2.16. The molecule has 0 amide bonds. The summed E-state index contributed by atoms with van der Waals surface area (Å²) in [5.41, 5.74) is 1.72. The third-order valence-electron chi connectivity index (χ3n) is 2.20. The van der Waals surface area contributed by atoms with Crippen LogP contribution < -0.4 is 5.32 Å². The van der Waals surface area contributed by atoms with Gasteiger partial charge in [0.2, 0.25) is 0 Å². The normalized spacial score (nSPS) is 9.56. The predicted octanol–water partition coefficient (Wildman–Crippen LogP) is 1.56. The molecule has 0 aliphatic carbocycles. The van der Waals surface area contributed by atoms with Crippen LogP contribution in [0.2, 0.25) is 0 Å². The minimum atomic E-state index is -0.0327. The van der Waals surface area contributed by atoms with Crippen LogP contribution >= 0.6 is 0 Å². The highest BCUT2D eigenvalue weighted by molar-refractivity contribution is 5.95. The molecule has 0 fully saturated rings. The Bertz CT molecular complexity index is 422. The Hall–Kier alpha value is -1.86. The average Bonchev–Trinajstić information content (AvgIpc) is 2.29. The van der Waals surface area contributed by atoms with Gasteiger partial charge in [0.1, 0.15) is 6.07 Å². The summed E-state index contributed by atoms with van der Waals surface area (Å²) in [5, 5.41) is 20.6. The lowest BCUT2D eigenvalue weighted by Gasteiger charge is -2.08. The number of carbonyl (C=O) groups excluding carboxylic acids is 1. The number of aliphatic hydroxyl groups is 1. The van der Waals surface area contributed by atoms with Crippen LogP contribution in [0.25, 0.3) is 0 Å². The SMILES string of the molecule is CC(=O)c1ccc(C#N)c(NCCCO)c1. The van der Waals surface area contributed by atoms with Crippen molar-refractivity contribution in [1.29, 1.82) is 5.26 Å². The second-order valence-electron chi connectivity index (χ2n) is 3.43. The van der Waals surface area contributed by atoms with E-state index in [0.717, 1.165) is 0 Å². The maximum atomic E-state index is 11.2. The van der Waals surface area contributed by atoms with Crippen molar-refractivity contribution in [3.8, 4) is 6.07 Å². The number of anilines is 1. The Morgan fingerprint density at radius 1 is 1.56 bits per heavy atom. The van der Waals surface area contributed by atoms with Crippen molar-refractivity contribution < 1.29 is 9.90 Å². The van der Waals surface area contributed by atoms with Gasteiger partial charge in [-0.25, -0.2) is 0 Å². The number of hydrogen-bond acceptors (Lipinski definition) is 4. The van der Waals surface area contributed by atoms with Gasteiger partial charge in [-0.15, -0.1) is 0 Å². The first-order chi connectivity index (χ1) is 7.69. The zero-order chi connectivity index (χ0) is 12.0. The number of nitrogens with one attached hydrogen (secondary N) is 1. The van der Waals surface area contributed by atoms with Crippen molar-refractivity contribution in [2.24, 2.45) is 0 Å². The molecule has 4 nitrogen and oxygen atoms in total. The lowest BCUT2D eigenvalue weighted by Crippen LogP contribution is -2.06. The first-order valence-corrected chi connectivity index (χ1v) is 5.09. The molecule has 16 heavy (non-hydrogen) atoms. The largest absolute Gasteiger partial charge is 0.396 e. The zero-order valence-electron chi connectivity index (χ0n) is 9.16. The zero-order valence-corrected chi connectivity index (χ0v) is 9.16. The molecular formula is C12H14N2O2. The fraction of sp³-hybridized carbons (Fsp3) is 0.333. The van der Waals surface area contributed by atoms with Crippen molar-refractivity contribution in [3.63, 3.8) is 0 Å². The molecule has 0 spiro atoms. The molecule has 2 N–H and O–H groups in total. The van der Waals surface area contributed by atoms with Crippen LogP contribution in [0.3, 0.4) is 0 Å². The van der Waals surface area contributed by atoms with E-state index >= 15 is 0 Å². The molecule has 4 heteroatoms. The number of aliphatic hydroxyl groups excluding tert-OH is 1. The first kappa shape index (κ1) is 12.2. The lowest BCUT2D eigenvalue weighted by atomic mass is 10.1. The smallest absolute Gasteiger partial charge is 0.159 e. The second kappa shape index (κ2) is 5.89. The number of Topliss-reactive ketones (excluding diaryl/α,β-unsaturated/α-hetero) is 1. The Morgan fingerprint density at radius 3 is 2.88 bits per heavy atom. The van der Waals surface area contributed by atoms with E-state index in [1.54, 1.807) is 18.2 Å². The highest BCUT2D eigenvalue weighted by Gasteiger charge is 2.05. The molecule has 0 saturated heterocycles. The molecule has 0 bridgehead atoms. The number of ketones is 1. The third kappa shape index (κ3) is 3.07. The van der Waals surface area contributed by atoms with Gasteiger partial charge >= 0.3 is 0 Å². The number of nitriles is 1. The highest BCUT2D eigenvalue weighted by Crippen LogP contribution is 2.17. The summed E-state index contributed by atoms with van der Waals surface area (Å²) in [5.74, 6) is -0.0327. The topological polar surface area (TPSA) is 73.1 Å². The standard InChI is InChI=1S/C12H14N2O2/c1-9(16)10-3-4-11(8-13)12(7-10)14-5-2-6-15/h3-4,7,14-15H,2,5-6H2,1H3. The van der Waals surface area contributed by atoms with E-state index in [1.165, 1.54) is 6.92 Å². The van der Waals surface area contributed by atoms with Crippen LogP contribution in [-0.4, -0.2) is 24.0 Å². The maximum absolute atomic E-state index is 11.2. The summed E-state index contributed by atoms with van der Waals surface area (Å²) in [6.07, 6.45) is 0.606. The molecule has 84 valence electrons. The summed E-state index contributed by atoms with van der Waals surface area (Å²) in [7, 11) is 0. The van der Waals surface area contributed by atoms with Crippen LogP contribution in [0, 0.1) is 11.3 Å². The Labute approximate surface area is 94.5 Å². The molecule has 0 unspecified atom stereocenters. The molecular weight excluding hydrogens is 204 g/mol. The molecule has 0 aromatic heterocycles. The van der Waals surface area contributed by atoms with Gasteiger partial charge in [-0.3, -0.25) is 4.79 Å². The van der Waals surface area contributed by atoms with E-state index in [0.29, 0.717) is 29.8 Å². The molecule has 1 aromatic carbocycles. The van der Waals surface area contributed by atoms with E-state index in [4.69, 9.17) is 10.4 Å². The number of rotatable bonds is 5. The Balaban J connectivity index is 2.90. The summed E-state index contributed by atoms with van der Waals surface area (Å²) >= 11 is 0. The molecule has 0 radical (unpaired) electrons. The molecule has 1 rings (SSSR count). The van der Waals surface area contributed by atoms with Crippen molar-refractivity contribution in [3.05, 3.63) is 29.3 Å². The van der Waals surface area contributed by atoms with E-state index in [9.17, 15) is 4.79 Å². The molecule has 0 atom stereocenters. The van der Waals surface area contributed by atoms with Crippen molar-refractivity contribution in [2.45, 2.75) is 13.3 Å². The van der Waals surface area contributed by atoms with Crippen LogP contribution in [-0.2, 0) is 0 Å². The van der Waals surface area contributed by atoms with Crippen molar-refractivity contribution in [1.82, 2.24) is 0 Å². The summed E-state index contributed by atoms with van der Waals surface area (Å²) in [4.78, 5) is 11.2. The second-order valence-corrected chi connectivity index (χ2v) is 3.43. The lowest BCUT2D eigenvalue weighted by molar-refractivity contribution is 0.101. The average molecular weight is 218 g/mol. The monoisotopic (exact) mass is 218 g/mol. The van der Waals surface area contributed by atoms with Gasteiger partial charge in [0.15, 0.2) is 5.78 Å². The van der Waals surface area contributed by atoms with Crippen LogP contribution in [0.4, 0.5) is 5.69 Å². The quantitative estimate of drug-likeness (QED) is 0.581. The van der Waals surface area contributed by atoms with E-state index in [-0.39, 0.29) is 12.4 Å². The third-order valence-corrected chi connectivity index (χ3v) is 2.20. The van der Waals surface area contributed by atoms with E-state index in [1.807, 2.05) is 0 Å². The van der Waals surface area contributed by atoms with Gasteiger partial charge in [-0.2, -0.15) is 5.26 Å². The van der Waals surface area contributed by atoms with Gasteiger partial charge < -0.3 is 10.4 Å². The highest BCUT2D eigenvalue weighted by atomic mass is 16.3. The fourth-order valence-electron chi connectivity index (χ4n) is 1.31. The summed E-state index contributed by atoms with van der Waals surface area (Å²) < 4.78 is 0. The number of benzene rings is 1. The van der Waals surface area contributed by atoms with Crippen LogP contribution in [0.1, 0.15) is 29.3 Å². The number of nitrogens with zero attached hydrogens (tertiary/aromatic N) is 1. The molecule has 0 heterocycles. The molecule has 0 aliphatic rings. The van der Waals surface area contributed by atoms with Crippen LogP contribution in [0.15, 0.2) is 18.2 Å². The molecule has 0 aliphatic heterocycles. The number of hydrogen-bond donors (Lipinski definition) is 2. The maximum Gasteiger partial charge on any atom is 0.159 e.